The number of anilines is 1. The molecule has 6 heteroatoms. The van der Waals surface area contributed by atoms with Crippen LogP contribution in [-0.4, -0.2) is 15.1 Å². The molecule has 1 aromatic heterocycles. The molecule has 12 heavy (non-hydrogen) atoms. The van der Waals surface area contributed by atoms with E-state index < -0.39 is 11.5 Å². The third-order valence-electron chi connectivity index (χ3n) is 1.52. The van der Waals surface area contributed by atoms with Crippen molar-refractivity contribution >= 4 is 22.4 Å². The molecule has 0 radical (unpaired) electrons. The highest BCUT2D eigenvalue weighted by atomic mass is 32.1. The van der Waals surface area contributed by atoms with Gasteiger partial charge in [0.1, 0.15) is 0 Å². The van der Waals surface area contributed by atoms with Crippen LogP contribution in [0.2, 0.25) is 0 Å². The summed E-state index contributed by atoms with van der Waals surface area (Å²) in [5.41, 5.74) is 3.13. The number of carbonyl (C=O) groups excluding carboxylic acids is 1. The van der Waals surface area contributed by atoms with Gasteiger partial charge in [-0.2, -0.15) is 9.36 Å². The number of ketones is 1. The molecule has 1 heterocycles. The number of aromatic nitrogens is 2. The van der Waals surface area contributed by atoms with Crippen molar-refractivity contribution in [3.63, 3.8) is 0 Å². The average Bonchev–Trinajstić information content (AvgIpc) is 2.35. The highest BCUT2D eigenvalue weighted by molar-refractivity contribution is 7.09. The Balaban J connectivity index is 3.05. The van der Waals surface area contributed by atoms with Gasteiger partial charge in [0, 0.05) is 11.5 Å². The number of hydrogen-bond donors (Lipinski definition) is 1. The van der Waals surface area contributed by atoms with Gasteiger partial charge in [0.25, 0.3) is 0 Å². The maximum atomic E-state index is 13.4. The maximum Gasteiger partial charge on any atom is 0.225 e. The Labute approximate surface area is 72.8 Å². The number of nitrogen functional groups attached to an aromatic ring is 1. The Kier molecular flexibility index (Phi) is 2.10. The van der Waals surface area contributed by atoms with Crippen molar-refractivity contribution in [2.45, 2.75) is 19.5 Å². The second-order valence-corrected chi connectivity index (χ2v) is 3.30. The molecule has 0 aliphatic carbocycles. The van der Waals surface area contributed by atoms with Crippen LogP contribution < -0.4 is 5.73 Å². The molecule has 2 N–H and O–H groups in total. The lowest BCUT2D eigenvalue weighted by Gasteiger charge is -2.11. The Bertz CT molecular complexity index is 309. The first kappa shape index (κ1) is 9.05. The van der Waals surface area contributed by atoms with E-state index in [1.165, 1.54) is 0 Å². The summed E-state index contributed by atoms with van der Waals surface area (Å²) in [4.78, 5) is 14.4. The van der Waals surface area contributed by atoms with Crippen molar-refractivity contribution in [1.82, 2.24) is 9.36 Å². The largest absolute Gasteiger partial charge is 0.374 e. The quantitative estimate of drug-likeness (QED) is 0.750. The van der Waals surface area contributed by atoms with E-state index in [9.17, 15) is 9.18 Å². The number of rotatable bonds is 2. The molecule has 0 aliphatic rings. The standard InChI is InChI=1S/C6H8FN3OS/c1-3(11)6(2,7)4-9-5(8)12-10-4/h1-2H3,(H2,8,9,10). The zero-order valence-electron chi connectivity index (χ0n) is 6.67. The third-order valence-corrected chi connectivity index (χ3v) is 2.07. The van der Waals surface area contributed by atoms with Crippen molar-refractivity contribution in [2.75, 3.05) is 5.73 Å². The van der Waals surface area contributed by atoms with Crippen LogP contribution in [0.15, 0.2) is 0 Å². The van der Waals surface area contributed by atoms with E-state index in [4.69, 9.17) is 5.73 Å². The molecule has 1 rings (SSSR count). The van der Waals surface area contributed by atoms with Crippen LogP contribution >= 0.6 is 11.5 Å². The molecule has 4 nitrogen and oxygen atoms in total. The monoisotopic (exact) mass is 189 g/mol. The van der Waals surface area contributed by atoms with Gasteiger partial charge in [-0.3, -0.25) is 4.79 Å². The van der Waals surface area contributed by atoms with E-state index >= 15 is 0 Å². The summed E-state index contributed by atoms with van der Waals surface area (Å²) in [6.45, 7) is 2.27. The zero-order chi connectivity index (χ0) is 9.35. The average molecular weight is 189 g/mol. The van der Waals surface area contributed by atoms with Crippen LogP contribution in [0, 0.1) is 0 Å². The number of alkyl halides is 1. The van der Waals surface area contributed by atoms with E-state index in [1.807, 2.05) is 0 Å². The second kappa shape index (κ2) is 2.78. The first-order valence-electron chi connectivity index (χ1n) is 3.24. The van der Waals surface area contributed by atoms with Crippen LogP contribution in [0.4, 0.5) is 9.52 Å². The Morgan fingerprint density at radius 2 is 2.33 bits per heavy atom. The number of hydrogen-bond acceptors (Lipinski definition) is 5. The molecule has 0 amide bonds. The molecule has 1 unspecified atom stereocenters. The lowest BCUT2D eigenvalue weighted by Crippen LogP contribution is -2.26. The highest BCUT2D eigenvalue weighted by Crippen LogP contribution is 2.25. The molecule has 1 aromatic rings. The van der Waals surface area contributed by atoms with Crippen LogP contribution in [0.1, 0.15) is 19.7 Å². The molecule has 0 saturated carbocycles. The van der Waals surface area contributed by atoms with Crippen molar-refractivity contribution in [1.29, 1.82) is 0 Å². The lowest BCUT2D eigenvalue weighted by molar-refractivity contribution is -0.128. The molecule has 66 valence electrons. The Hall–Kier alpha value is -1.04. The van der Waals surface area contributed by atoms with Crippen LogP contribution in [0.3, 0.4) is 0 Å². The summed E-state index contributed by atoms with van der Waals surface area (Å²) in [5.74, 6) is -0.780. The Morgan fingerprint density at radius 3 is 2.67 bits per heavy atom. The predicted molar refractivity (Wildman–Crippen MR) is 43.5 cm³/mol. The SMILES string of the molecule is CC(=O)C(C)(F)c1nsc(N)n1. The minimum absolute atomic E-state index is 0.155. The smallest absolute Gasteiger partial charge is 0.225 e. The molecule has 0 aromatic carbocycles. The van der Waals surface area contributed by atoms with Crippen LogP contribution in [0.25, 0.3) is 0 Å². The van der Waals surface area contributed by atoms with Crippen LogP contribution in [0.5, 0.6) is 0 Å². The fourth-order valence-electron chi connectivity index (χ4n) is 0.583. The van der Waals surface area contributed by atoms with E-state index in [0.717, 1.165) is 25.4 Å². The molecule has 0 spiro atoms. The fraction of sp³-hybridized carbons (Fsp3) is 0.500. The van der Waals surface area contributed by atoms with Gasteiger partial charge < -0.3 is 5.73 Å². The molecular formula is C6H8FN3OS. The van der Waals surface area contributed by atoms with Crippen molar-refractivity contribution in [2.24, 2.45) is 0 Å². The molecular weight excluding hydrogens is 181 g/mol. The van der Waals surface area contributed by atoms with E-state index in [1.54, 1.807) is 0 Å². The van der Waals surface area contributed by atoms with Crippen molar-refractivity contribution in [3.05, 3.63) is 5.82 Å². The number of nitrogens with two attached hydrogens (primary N) is 1. The van der Waals surface area contributed by atoms with Crippen molar-refractivity contribution < 1.29 is 9.18 Å². The first-order chi connectivity index (χ1) is 5.44. The van der Waals surface area contributed by atoms with Crippen molar-refractivity contribution in [3.8, 4) is 0 Å². The van der Waals surface area contributed by atoms with E-state index in [0.29, 0.717) is 0 Å². The van der Waals surface area contributed by atoms with Gasteiger partial charge in [0.05, 0.1) is 0 Å². The van der Waals surface area contributed by atoms with Gasteiger partial charge in [-0.05, 0) is 13.8 Å². The molecule has 0 saturated heterocycles. The summed E-state index contributed by atoms with van der Waals surface area (Å²) in [6, 6.07) is 0. The summed E-state index contributed by atoms with van der Waals surface area (Å²) in [5, 5.41) is 0.162. The Morgan fingerprint density at radius 1 is 1.75 bits per heavy atom. The summed E-state index contributed by atoms with van der Waals surface area (Å²) >= 11 is 0.873. The first-order valence-corrected chi connectivity index (χ1v) is 4.01. The number of carbonyl (C=O) groups is 1. The second-order valence-electron chi connectivity index (χ2n) is 2.52. The van der Waals surface area contributed by atoms with Gasteiger partial charge in [-0.25, -0.2) is 4.39 Å². The molecule has 1 atom stereocenters. The van der Waals surface area contributed by atoms with Gasteiger partial charge in [0.15, 0.2) is 16.7 Å². The summed E-state index contributed by atoms with van der Waals surface area (Å²) in [7, 11) is 0. The molecule has 0 fully saturated rings. The summed E-state index contributed by atoms with van der Waals surface area (Å²) in [6.07, 6.45) is 0. The van der Waals surface area contributed by atoms with Crippen LogP contribution in [-0.2, 0) is 10.5 Å². The fourth-order valence-corrected chi connectivity index (χ4v) is 1.10. The van der Waals surface area contributed by atoms with Gasteiger partial charge in [0.2, 0.25) is 5.67 Å². The minimum atomic E-state index is -2.12. The van der Waals surface area contributed by atoms with Gasteiger partial charge in [-0.1, -0.05) is 0 Å². The van der Waals surface area contributed by atoms with Gasteiger partial charge in [-0.15, -0.1) is 0 Å². The topological polar surface area (TPSA) is 68.9 Å². The normalized spacial score (nSPS) is 15.6. The van der Waals surface area contributed by atoms with E-state index in [2.05, 4.69) is 9.36 Å². The number of Topliss-reactive ketones (excluding diaryl/α,β-unsaturated/α-hetero) is 1. The van der Waals surface area contributed by atoms with Gasteiger partial charge >= 0.3 is 0 Å². The van der Waals surface area contributed by atoms with E-state index in [-0.39, 0.29) is 11.0 Å². The number of nitrogens with zero attached hydrogens (tertiary/aromatic N) is 2. The lowest BCUT2D eigenvalue weighted by atomic mass is 10.0. The number of halogens is 1. The predicted octanol–water partition coefficient (Wildman–Crippen LogP) is 0.894. The minimum Gasteiger partial charge on any atom is -0.374 e. The zero-order valence-corrected chi connectivity index (χ0v) is 7.48. The maximum absolute atomic E-state index is 13.4. The third kappa shape index (κ3) is 1.42. The highest BCUT2D eigenvalue weighted by Gasteiger charge is 2.35. The summed E-state index contributed by atoms with van der Waals surface area (Å²) < 4.78 is 17.1. The molecule has 0 aliphatic heterocycles. The molecule has 0 bridgehead atoms.